The fraction of sp³-hybridized carbons (Fsp3) is 0.222. The van der Waals surface area contributed by atoms with Gasteiger partial charge < -0.3 is 9.84 Å². The van der Waals surface area contributed by atoms with Gasteiger partial charge in [-0.2, -0.15) is 0 Å². The number of benzene rings is 1. The molecular weight excluding hydrogens is 308 g/mol. The quantitative estimate of drug-likeness (QED) is 0.761. The Morgan fingerprint density at radius 3 is 3.00 bits per heavy atom. The second-order valence-electron chi connectivity index (χ2n) is 5.80. The number of hydrogen-bond donors (Lipinski definition) is 1. The third-order valence-corrected chi connectivity index (χ3v) is 5.43. The summed E-state index contributed by atoms with van der Waals surface area (Å²) in [4.78, 5) is 13.9. The number of anilines is 1. The van der Waals surface area contributed by atoms with Crippen LogP contribution in [0.25, 0.3) is 11.3 Å². The number of aromatic nitrogens is 1. The van der Waals surface area contributed by atoms with E-state index in [0.717, 1.165) is 46.5 Å². The number of amides is 1. The van der Waals surface area contributed by atoms with E-state index in [1.54, 1.807) is 11.3 Å². The van der Waals surface area contributed by atoms with Crippen molar-refractivity contribution in [3.8, 4) is 11.3 Å². The van der Waals surface area contributed by atoms with E-state index in [-0.39, 0.29) is 5.91 Å². The molecule has 3 aromatic rings. The Hall–Kier alpha value is -2.40. The Balaban J connectivity index is 1.68. The molecule has 23 heavy (non-hydrogen) atoms. The molecule has 4 nitrogen and oxygen atoms in total. The Morgan fingerprint density at radius 2 is 2.13 bits per heavy atom. The minimum Gasteiger partial charge on any atom is -0.355 e. The molecule has 116 valence electrons. The molecule has 1 aliphatic rings. The van der Waals surface area contributed by atoms with Crippen molar-refractivity contribution in [2.24, 2.45) is 0 Å². The molecule has 0 atom stereocenters. The number of carbonyl (C=O) groups excluding carboxylic acids is 1. The molecule has 0 saturated heterocycles. The SMILES string of the molecule is Cc1cccc(NC(=O)c2noc3c2CCc2sccc2-3)c1C. The van der Waals surface area contributed by atoms with Crippen LogP contribution in [-0.4, -0.2) is 11.1 Å². The van der Waals surface area contributed by atoms with Crippen molar-refractivity contribution in [2.45, 2.75) is 26.7 Å². The first kappa shape index (κ1) is 14.2. The van der Waals surface area contributed by atoms with Crippen molar-refractivity contribution in [3.63, 3.8) is 0 Å². The highest BCUT2D eigenvalue weighted by atomic mass is 32.1. The standard InChI is InChI=1S/C18H16N2O2S/c1-10-4-3-5-14(11(10)2)19-18(21)16-13-6-7-15-12(8-9-23-15)17(13)22-20-16/h3-5,8-9H,6-7H2,1-2H3,(H,19,21). The summed E-state index contributed by atoms with van der Waals surface area (Å²) >= 11 is 1.72. The summed E-state index contributed by atoms with van der Waals surface area (Å²) in [6.07, 6.45) is 1.73. The molecule has 0 fully saturated rings. The first-order chi connectivity index (χ1) is 11.1. The summed E-state index contributed by atoms with van der Waals surface area (Å²) in [5.74, 6) is 0.543. The van der Waals surface area contributed by atoms with Crippen LogP contribution in [0.15, 0.2) is 34.2 Å². The number of hydrogen-bond acceptors (Lipinski definition) is 4. The molecule has 1 N–H and O–H groups in total. The average Bonchev–Trinajstić information content (AvgIpc) is 3.17. The van der Waals surface area contributed by atoms with Crippen LogP contribution in [0, 0.1) is 13.8 Å². The summed E-state index contributed by atoms with van der Waals surface area (Å²) in [5.41, 5.74) is 5.43. The number of aryl methyl sites for hydroxylation is 2. The zero-order valence-electron chi connectivity index (χ0n) is 13.0. The van der Waals surface area contributed by atoms with Crippen molar-refractivity contribution in [1.29, 1.82) is 0 Å². The number of fused-ring (bicyclic) bond motifs is 3. The topological polar surface area (TPSA) is 55.1 Å². The molecule has 2 aromatic heterocycles. The lowest BCUT2D eigenvalue weighted by molar-refractivity contribution is 0.101. The van der Waals surface area contributed by atoms with E-state index in [1.807, 2.05) is 38.1 Å². The maximum Gasteiger partial charge on any atom is 0.278 e. The van der Waals surface area contributed by atoms with Crippen molar-refractivity contribution in [1.82, 2.24) is 5.16 Å². The van der Waals surface area contributed by atoms with E-state index in [9.17, 15) is 4.79 Å². The van der Waals surface area contributed by atoms with Gasteiger partial charge in [0.25, 0.3) is 5.91 Å². The Morgan fingerprint density at radius 1 is 1.26 bits per heavy atom. The maximum atomic E-state index is 12.6. The van der Waals surface area contributed by atoms with Gasteiger partial charge in [0.05, 0.1) is 0 Å². The molecule has 4 rings (SSSR count). The Bertz CT molecular complexity index is 908. The van der Waals surface area contributed by atoms with Gasteiger partial charge >= 0.3 is 0 Å². The van der Waals surface area contributed by atoms with Gasteiger partial charge in [0.15, 0.2) is 11.5 Å². The predicted octanol–water partition coefficient (Wildman–Crippen LogP) is 4.37. The summed E-state index contributed by atoms with van der Waals surface area (Å²) in [6.45, 7) is 4.03. The van der Waals surface area contributed by atoms with Crippen LogP contribution in [0.4, 0.5) is 5.69 Å². The fourth-order valence-electron chi connectivity index (χ4n) is 2.97. The predicted molar refractivity (Wildman–Crippen MR) is 91.1 cm³/mol. The first-order valence-corrected chi connectivity index (χ1v) is 8.46. The van der Waals surface area contributed by atoms with Crippen LogP contribution >= 0.6 is 11.3 Å². The van der Waals surface area contributed by atoms with E-state index in [4.69, 9.17) is 4.52 Å². The molecule has 0 spiro atoms. The Kier molecular flexibility index (Phi) is 3.31. The van der Waals surface area contributed by atoms with E-state index < -0.39 is 0 Å². The van der Waals surface area contributed by atoms with Gasteiger partial charge in [-0.15, -0.1) is 11.3 Å². The van der Waals surface area contributed by atoms with Crippen molar-refractivity contribution < 1.29 is 9.32 Å². The number of thiophene rings is 1. The zero-order valence-corrected chi connectivity index (χ0v) is 13.8. The normalized spacial score (nSPS) is 12.6. The summed E-state index contributed by atoms with van der Waals surface area (Å²) in [7, 11) is 0. The van der Waals surface area contributed by atoms with E-state index in [2.05, 4.69) is 15.9 Å². The van der Waals surface area contributed by atoms with Gasteiger partial charge in [-0.1, -0.05) is 17.3 Å². The van der Waals surface area contributed by atoms with Crippen LogP contribution in [-0.2, 0) is 12.8 Å². The average molecular weight is 324 g/mol. The monoisotopic (exact) mass is 324 g/mol. The van der Waals surface area contributed by atoms with Crippen LogP contribution < -0.4 is 5.32 Å². The van der Waals surface area contributed by atoms with Gasteiger partial charge in [-0.05, 0) is 55.3 Å². The van der Waals surface area contributed by atoms with Crippen LogP contribution in [0.5, 0.6) is 0 Å². The molecule has 2 heterocycles. The number of rotatable bonds is 2. The summed E-state index contributed by atoms with van der Waals surface area (Å²) in [5, 5.41) is 9.06. The molecule has 0 radical (unpaired) electrons. The highest BCUT2D eigenvalue weighted by Crippen LogP contribution is 2.38. The van der Waals surface area contributed by atoms with Crippen LogP contribution in [0.1, 0.15) is 32.1 Å². The maximum absolute atomic E-state index is 12.6. The minimum absolute atomic E-state index is 0.206. The molecule has 0 bridgehead atoms. The minimum atomic E-state index is -0.206. The number of nitrogens with zero attached hydrogens (tertiary/aromatic N) is 1. The summed E-state index contributed by atoms with van der Waals surface area (Å²) in [6, 6.07) is 7.91. The summed E-state index contributed by atoms with van der Waals surface area (Å²) < 4.78 is 5.48. The third-order valence-electron chi connectivity index (χ3n) is 4.45. The molecule has 0 aliphatic heterocycles. The first-order valence-electron chi connectivity index (χ1n) is 7.58. The van der Waals surface area contributed by atoms with Crippen LogP contribution in [0.3, 0.4) is 0 Å². The number of nitrogens with one attached hydrogen (secondary N) is 1. The lowest BCUT2D eigenvalue weighted by Crippen LogP contribution is -2.16. The molecule has 1 aliphatic carbocycles. The third kappa shape index (κ3) is 2.28. The molecule has 1 aromatic carbocycles. The zero-order chi connectivity index (χ0) is 16.0. The lowest BCUT2D eigenvalue weighted by Gasteiger charge is -2.12. The molecule has 1 amide bonds. The van der Waals surface area contributed by atoms with Crippen molar-refractivity contribution >= 4 is 22.9 Å². The molecule has 5 heteroatoms. The van der Waals surface area contributed by atoms with E-state index in [0.29, 0.717) is 5.69 Å². The van der Waals surface area contributed by atoms with Gasteiger partial charge in [0.2, 0.25) is 0 Å². The Labute approximate surface area is 138 Å². The lowest BCUT2D eigenvalue weighted by atomic mass is 9.95. The molecule has 0 unspecified atom stereocenters. The van der Waals surface area contributed by atoms with Crippen molar-refractivity contribution in [3.05, 3.63) is 56.9 Å². The van der Waals surface area contributed by atoms with Crippen LogP contribution in [0.2, 0.25) is 0 Å². The van der Waals surface area contributed by atoms with Gasteiger partial charge in [0, 0.05) is 21.7 Å². The fourth-order valence-corrected chi connectivity index (χ4v) is 3.85. The van der Waals surface area contributed by atoms with Gasteiger partial charge in [-0.3, -0.25) is 4.79 Å². The van der Waals surface area contributed by atoms with E-state index in [1.165, 1.54) is 4.88 Å². The van der Waals surface area contributed by atoms with Gasteiger partial charge in [0.1, 0.15) is 0 Å². The molecule has 0 saturated carbocycles. The van der Waals surface area contributed by atoms with Crippen molar-refractivity contribution in [2.75, 3.05) is 5.32 Å². The smallest absolute Gasteiger partial charge is 0.278 e. The van der Waals surface area contributed by atoms with Gasteiger partial charge in [-0.25, -0.2) is 0 Å². The largest absolute Gasteiger partial charge is 0.355 e. The van der Waals surface area contributed by atoms with E-state index >= 15 is 0 Å². The highest BCUT2D eigenvalue weighted by Gasteiger charge is 2.28. The number of carbonyl (C=O) groups is 1. The second-order valence-corrected chi connectivity index (χ2v) is 6.80. The second kappa shape index (κ2) is 5.35. The highest BCUT2D eigenvalue weighted by molar-refractivity contribution is 7.10. The molecular formula is C18H16N2O2S.